The lowest BCUT2D eigenvalue weighted by Crippen LogP contribution is -2.24. The molecule has 0 bridgehead atoms. The first-order valence-electron chi connectivity index (χ1n) is 6.66. The molecule has 1 N–H and O–H groups in total. The predicted octanol–water partition coefficient (Wildman–Crippen LogP) is 3.40. The van der Waals surface area contributed by atoms with E-state index in [0.29, 0.717) is 0 Å². The van der Waals surface area contributed by atoms with Crippen LogP contribution in [0, 0.1) is 6.92 Å². The van der Waals surface area contributed by atoms with Gasteiger partial charge < -0.3 is 5.32 Å². The van der Waals surface area contributed by atoms with Crippen LogP contribution in [-0.2, 0) is 13.1 Å². The highest BCUT2D eigenvalue weighted by Gasteiger charge is 2.09. The summed E-state index contributed by atoms with van der Waals surface area (Å²) in [6.07, 6.45) is 2.49. The van der Waals surface area contributed by atoms with E-state index >= 15 is 0 Å². The van der Waals surface area contributed by atoms with Gasteiger partial charge in [-0.25, -0.2) is 0 Å². The van der Waals surface area contributed by atoms with Gasteiger partial charge in [-0.2, -0.15) is 0 Å². The van der Waals surface area contributed by atoms with E-state index in [4.69, 9.17) is 0 Å². The largest absolute Gasteiger partial charge is 0.315 e. The van der Waals surface area contributed by atoms with Crippen LogP contribution in [0.3, 0.4) is 0 Å². The van der Waals surface area contributed by atoms with Crippen molar-refractivity contribution < 1.29 is 0 Å². The van der Waals surface area contributed by atoms with Crippen molar-refractivity contribution in [3.05, 3.63) is 21.4 Å². The molecule has 0 unspecified atom stereocenters. The molecule has 0 fully saturated rings. The second-order valence-electron chi connectivity index (χ2n) is 4.60. The molecule has 3 heteroatoms. The van der Waals surface area contributed by atoms with Crippen LogP contribution in [0.1, 0.15) is 42.0 Å². The minimum atomic E-state index is 0.993. The zero-order valence-corrected chi connectivity index (χ0v) is 12.5. The molecule has 0 aliphatic rings. The summed E-state index contributed by atoms with van der Waals surface area (Å²) in [4.78, 5) is 5.50. The standard InChI is InChI=1S/C14H26N2S/c1-5-7-16(8-6-2)11-13-9-14(10-15-4)17-12(13)3/h9,15H,5-8,10-11H2,1-4H3. The zero-order valence-electron chi connectivity index (χ0n) is 11.7. The molecule has 1 aromatic heterocycles. The van der Waals surface area contributed by atoms with E-state index in [1.807, 2.05) is 18.4 Å². The zero-order chi connectivity index (χ0) is 12.7. The lowest BCUT2D eigenvalue weighted by Gasteiger charge is -2.20. The van der Waals surface area contributed by atoms with Gasteiger partial charge in [0.1, 0.15) is 0 Å². The molecule has 0 aromatic carbocycles. The van der Waals surface area contributed by atoms with E-state index in [1.165, 1.54) is 41.2 Å². The smallest absolute Gasteiger partial charge is 0.0296 e. The topological polar surface area (TPSA) is 15.3 Å². The Morgan fingerprint density at radius 3 is 2.41 bits per heavy atom. The minimum absolute atomic E-state index is 0.993. The van der Waals surface area contributed by atoms with Gasteiger partial charge in [0.05, 0.1) is 0 Å². The fraction of sp³-hybridized carbons (Fsp3) is 0.714. The Labute approximate surface area is 110 Å². The van der Waals surface area contributed by atoms with E-state index in [2.05, 4.69) is 37.1 Å². The van der Waals surface area contributed by atoms with Gasteiger partial charge in [-0.15, -0.1) is 11.3 Å². The van der Waals surface area contributed by atoms with E-state index in [-0.39, 0.29) is 0 Å². The van der Waals surface area contributed by atoms with Crippen LogP contribution < -0.4 is 5.32 Å². The Bertz CT molecular complexity index is 314. The van der Waals surface area contributed by atoms with Crippen LogP contribution >= 0.6 is 11.3 Å². The molecule has 0 atom stereocenters. The summed E-state index contributed by atoms with van der Waals surface area (Å²) in [5, 5.41) is 3.22. The molecule has 0 aliphatic carbocycles. The molecule has 17 heavy (non-hydrogen) atoms. The van der Waals surface area contributed by atoms with Crippen LogP contribution in [0.5, 0.6) is 0 Å². The number of hydrogen-bond acceptors (Lipinski definition) is 3. The molecule has 1 rings (SSSR count). The summed E-state index contributed by atoms with van der Waals surface area (Å²) in [7, 11) is 2.01. The number of hydrogen-bond donors (Lipinski definition) is 1. The van der Waals surface area contributed by atoms with Gasteiger partial charge in [0.15, 0.2) is 0 Å². The third-order valence-corrected chi connectivity index (χ3v) is 3.99. The maximum atomic E-state index is 3.22. The van der Waals surface area contributed by atoms with E-state index in [1.54, 1.807) is 0 Å². The molecule has 2 nitrogen and oxygen atoms in total. The molecular weight excluding hydrogens is 228 g/mol. The van der Waals surface area contributed by atoms with Gasteiger partial charge in [0.2, 0.25) is 0 Å². The summed E-state index contributed by atoms with van der Waals surface area (Å²) < 4.78 is 0. The van der Waals surface area contributed by atoms with Crippen LogP contribution in [0.25, 0.3) is 0 Å². The maximum absolute atomic E-state index is 3.22. The van der Waals surface area contributed by atoms with Crippen molar-refractivity contribution >= 4 is 11.3 Å². The summed E-state index contributed by atoms with van der Waals surface area (Å²) in [6.45, 7) is 11.3. The van der Waals surface area contributed by atoms with E-state index < -0.39 is 0 Å². The van der Waals surface area contributed by atoms with Crippen molar-refractivity contribution in [1.82, 2.24) is 10.2 Å². The Hall–Kier alpha value is -0.380. The molecule has 0 spiro atoms. The van der Waals surface area contributed by atoms with Crippen molar-refractivity contribution in [3.8, 4) is 0 Å². The van der Waals surface area contributed by atoms with Gasteiger partial charge >= 0.3 is 0 Å². The Morgan fingerprint density at radius 2 is 1.88 bits per heavy atom. The third-order valence-electron chi connectivity index (χ3n) is 2.90. The Kier molecular flexibility index (Phi) is 6.78. The van der Waals surface area contributed by atoms with Gasteiger partial charge in [0, 0.05) is 22.8 Å². The van der Waals surface area contributed by atoms with Crippen LogP contribution in [0.2, 0.25) is 0 Å². The lowest BCUT2D eigenvalue weighted by molar-refractivity contribution is 0.266. The highest BCUT2D eigenvalue weighted by atomic mass is 32.1. The number of aryl methyl sites for hydroxylation is 1. The Morgan fingerprint density at radius 1 is 1.24 bits per heavy atom. The molecule has 0 amide bonds. The molecule has 0 saturated carbocycles. The van der Waals surface area contributed by atoms with Gasteiger partial charge in [-0.3, -0.25) is 4.90 Å². The molecule has 0 aliphatic heterocycles. The summed E-state index contributed by atoms with van der Waals surface area (Å²) in [6, 6.07) is 2.37. The third kappa shape index (κ3) is 4.78. The second kappa shape index (κ2) is 7.85. The average molecular weight is 254 g/mol. The average Bonchev–Trinajstić information content (AvgIpc) is 2.60. The van der Waals surface area contributed by atoms with Crippen LogP contribution in [0.4, 0.5) is 0 Å². The quantitative estimate of drug-likeness (QED) is 0.765. The van der Waals surface area contributed by atoms with Crippen LogP contribution in [0.15, 0.2) is 6.07 Å². The van der Waals surface area contributed by atoms with Crippen molar-refractivity contribution in [1.29, 1.82) is 0 Å². The van der Waals surface area contributed by atoms with Crippen LogP contribution in [-0.4, -0.2) is 25.0 Å². The lowest BCUT2D eigenvalue weighted by atomic mass is 10.2. The highest BCUT2D eigenvalue weighted by Crippen LogP contribution is 2.23. The first-order chi connectivity index (χ1) is 8.21. The fourth-order valence-corrected chi connectivity index (χ4v) is 3.21. The molecule has 1 aromatic rings. The maximum Gasteiger partial charge on any atom is 0.0296 e. The molecule has 0 radical (unpaired) electrons. The molecule has 0 saturated heterocycles. The van der Waals surface area contributed by atoms with Crippen molar-refractivity contribution in [3.63, 3.8) is 0 Å². The van der Waals surface area contributed by atoms with E-state index in [9.17, 15) is 0 Å². The number of nitrogens with zero attached hydrogens (tertiary/aromatic N) is 1. The first-order valence-corrected chi connectivity index (χ1v) is 7.48. The monoisotopic (exact) mass is 254 g/mol. The Balaban J connectivity index is 2.64. The van der Waals surface area contributed by atoms with Crippen molar-refractivity contribution in [2.45, 2.75) is 46.7 Å². The fourth-order valence-electron chi connectivity index (χ4n) is 2.15. The summed E-state index contributed by atoms with van der Waals surface area (Å²) in [5.74, 6) is 0. The van der Waals surface area contributed by atoms with E-state index in [0.717, 1.165) is 13.1 Å². The van der Waals surface area contributed by atoms with Gasteiger partial charge in [-0.05, 0) is 51.5 Å². The first kappa shape index (κ1) is 14.7. The van der Waals surface area contributed by atoms with Crippen molar-refractivity contribution in [2.75, 3.05) is 20.1 Å². The highest BCUT2D eigenvalue weighted by molar-refractivity contribution is 7.12. The number of thiophene rings is 1. The second-order valence-corrected chi connectivity index (χ2v) is 5.94. The normalized spacial score (nSPS) is 11.4. The molecular formula is C14H26N2S. The SMILES string of the molecule is CCCN(CCC)Cc1cc(CNC)sc1C. The summed E-state index contributed by atoms with van der Waals surface area (Å²) >= 11 is 1.93. The van der Waals surface area contributed by atoms with Gasteiger partial charge in [0.25, 0.3) is 0 Å². The minimum Gasteiger partial charge on any atom is -0.315 e. The predicted molar refractivity (Wildman–Crippen MR) is 77.7 cm³/mol. The number of rotatable bonds is 8. The van der Waals surface area contributed by atoms with Gasteiger partial charge in [-0.1, -0.05) is 13.8 Å². The summed E-state index contributed by atoms with van der Waals surface area (Å²) in [5.41, 5.74) is 1.52. The molecule has 98 valence electrons. The van der Waals surface area contributed by atoms with Crippen molar-refractivity contribution in [2.24, 2.45) is 0 Å². The molecule has 1 heterocycles. The number of nitrogens with one attached hydrogen (secondary N) is 1.